The summed E-state index contributed by atoms with van der Waals surface area (Å²) < 4.78 is 0. The molecule has 0 unspecified atom stereocenters. The topological polar surface area (TPSA) is 41.3 Å². The molecule has 0 amide bonds. The van der Waals surface area contributed by atoms with E-state index in [2.05, 4.69) is 28.4 Å². The Morgan fingerprint density at radius 3 is 3.29 bits per heavy atom. The van der Waals surface area contributed by atoms with Crippen molar-refractivity contribution in [3.05, 3.63) is 29.3 Å². The van der Waals surface area contributed by atoms with Gasteiger partial charge in [-0.1, -0.05) is 18.2 Å². The van der Waals surface area contributed by atoms with Gasteiger partial charge in [0.1, 0.15) is 0 Å². The van der Waals surface area contributed by atoms with Gasteiger partial charge in [0, 0.05) is 31.2 Å². The zero-order valence-electron chi connectivity index (χ0n) is 10.1. The van der Waals surface area contributed by atoms with Crippen LogP contribution in [-0.4, -0.2) is 18.8 Å². The Hall–Kier alpha value is -1.06. The highest BCUT2D eigenvalue weighted by atomic mass is 15.3. The zero-order valence-corrected chi connectivity index (χ0v) is 10.1. The molecule has 0 radical (unpaired) electrons. The fraction of sp³-hybridized carbons (Fsp3) is 0.571. The van der Waals surface area contributed by atoms with E-state index >= 15 is 0 Å². The number of nitrogens with one attached hydrogen (secondary N) is 1. The first-order valence-electron chi connectivity index (χ1n) is 6.70. The van der Waals surface area contributed by atoms with Crippen LogP contribution in [0.15, 0.2) is 18.2 Å². The van der Waals surface area contributed by atoms with Crippen LogP contribution in [0.3, 0.4) is 0 Å². The zero-order chi connectivity index (χ0) is 11.5. The van der Waals surface area contributed by atoms with Crippen LogP contribution in [0.2, 0.25) is 0 Å². The predicted molar refractivity (Wildman–Crippen MR) is 69.0 cm³/mol. The average molecular weight is 229 g/mol. The maximum Gasteiger partial charge on any atom is 0.0954 e. The molecular formula is C14H19N3. The van der Waals surface area contributed by atoms with Crippen molar-refractivity contribution in [3.63, 3.8) is 0 Å². The van der Waals surface area contributed by atoms with Gasteiger partial charge < -0.3 is 16.0 Å². The van der Waals surface area contributed by atoms with E-state index in [0.717, 1.165) is 26.1 Å². The smallest absolute Gasteiger partial charge is 0.0954 e. The Labute approximate surface area is 102 Å². The Morgan fingerprint density at radius 2 is 2.35 bits per heavy atom. The van der Waals surface area contributed by atoms with Crippen molar-refractivity contribution in [1.29, 1.82) is 0 Å². The van der Waals surface area contributed by atoms with Crippen LogP contribution in [-0.2, 0) is 6.54 Å². The van der Waals surface area contributed by atoms with Gasteiger partial charge in [0.15, 0.2) is 0 Å². The fourth-order valence-electron chi connectivity index (χ4n) is 4.07. The van der Waals surface area contributed by atoms with Gasteiger partial charge >= 0.3 is 0 Å². The maximum absolute atomic E-state index is 6.74. The third-order valence-electron chi connectivity index (χ3n) is 4.80. The number of nitrogens with two attached hydrogens (primary N) is 1. The summed E-state index contributed by atoms with van der Waals surface area (Å²) in [4.78, 5) is 2.50. The number of hydrogen-bond donors (Lipinski definition) is 2. The van der Waals surface area contributed by atoms with Crippen LogP contribution < -0.4 is 16.0 Å². The molecule has 3 N–H and O–H groups in total. The van der Waals surface area contributed by atoms with Gasteiger partial charge in [0.25, 0.3) is 0 Å². The molecule has 0 saturated heterocycles. The summed E-state index contributed by atoms with van der Waals surface area (Å²) in [5, 5.41) is 3.49. The lowest BCUT2D eigenvalue weighted by molar-refractivity contribution is 0.394. The van der Waals surface area contributed by atoms with Gasteiger partial charge in [-0.3, -0.25) is 0 Å². The van der Waals surface area contributed by atoms with Gasteiger partial charge in [-0.25, -0.2) is 0 Å². The summed E-state index contributed by atoms with van der Waals surface area (Å²) in [5.74, 6) is 0.565. The van der Waals surface area contributed by atoms with E-state index in [1.807, 2.05) is 0 Å². The molecule has 3 heteroatoms. The molecule has 2 atom stereocenters. The molecule has 4 rings (SSSR count). The molecule has 0 bridgehead atoms. The van der Waals surface area contributed by atoms with Crippen molar-refractivity contribution in [2.24, 2.45) is 5.73 Å². The number of hydrogen-bond acceptors (Lipinski definition) is 3. The summed E-state index contributed by atoms with van der Waals surface area (Å²) in [6.07, 6.45) is 3.68. The van der Waals surface area contributed by atoms with E-state index in [1.165, 1.54) is 29.7 Å². The van der Waals surface area contributed by atoms with E-state index in [9.17, 15) is 0 Å². The minimum Gasteiger partial charge on any atom is -0.351 e. The molecule has 0 spiro atoms. The van der Waals surface area contributed by atoms with Crippen LogP contribution in [0.25, 0.3) is 0 Å². The van der Waals surface area contributed by atoms with Crippen LogP contribution in [0.5, 0.6) is 0 Å². The molecule has 1 aliphatic carbocycles. The first-order valence-corrected chi connectivity index (χ1v) is 6.70. The van der Waals surface area contributed by atoms with Gasteiger partial charge in [0.05, 0.1) is 5.66 Å². The maximum atomic E-state index is 6.74. The van der Waals surface area contributed by atoms with E-state index < -0.39 is 0 Å². The quantitative estimate of drug-likeness (QED) is 0.709. The number of benzene rings is 1. The van der Waals surface area contributed by atoms with Crippen LogP contribution in [0.1, 0.15) is 36.3 Å². The summed E-state index contributed by atoms with van der Waals surface area (Å²) in [5.41, 5.74) is 11.0. The molecule has 1 saturated carbocycles. The molecule has 3 aliphatic rings. The second-order valence-corrected chi connectivity index (χ2v) is 5.62. The fourth-order valence-corrected chi connectivity index (χ4v) is 4.07. The largest absolute Gasteiger partial charge is 0.351 e. The Morgan fingerprint density at radius 1 is 1.41 bits per heavy atom. The number of fused-ring (bicyclic) bond motifs is 3. The molecule has 17 heavy (non-hydrogen) atoms. The second kappa shape index (κ2) is 3.24. The monoisotopic (exact) mass is 229 g/mol. The van der Waals surface area contributed by atoms with Gasteiger partial charge in [-0.2, -0.15) is 0 Å². The Bertz CT molecular complexity index is 471. The minimum absolute atomic E-state index is 0.0928. The summed E-state index contributed by atoms with van der Waals surface area (Å²) in [6, 6.07) is 6.74. The van der Waals surface area contributed by atoms with E-state index in [4.69, 9.17) is 5.73 Å². The third kappa shape index (κ3) is 1.14. The van der Waals surface area contributed by atoms with Crippen LogP contribution >= 0.6 is 0 Å². The molecule has 1 aromatic carbocycles. The van der Waals surface area contributed by atoms with Crippen LogP contribution in [0.4, 0.5) is 5.69 Å². The summed E-state index contributed by atoms with van der Waals surface area (Å²) in [6.45, 7) is 3.08. The van der Waals surface area contributed by atoms with Gasteiger partial charge in [0.2, 0.25) is 0 Å². The molecule has 2 heterocycles. The number of anilines is 1. The number of rotatable bonds is 0. The number of para-hydroxylation sites is 1. The van der Waals surface area contributed by atoms with Crippen molar-refractivity contribution in [3.8, 4) is 0 Å². The minimum atomic E-state index is -0.0928. The second-order valence-electron chi connectivity index (χ2n) is 5.62. The Balaban J connectivity index is 1.96. The molecule has 3 nitrogen and oxygen atoms in total. The normalized spacial score (nSPS) is 34.4. The van der Waals surface area contributed by atoms with E-state index in [1.54, 1.807) is 0 Å². The van der Waals surface area contributed by atoms with Crippen molar-refractivity contribution in [1.82, 2.24) is 5.32 Å². The first-order chi connectivity index (χ1) is 8.31. The summed E-state index contributed by atoms with van der Waals surface area (Å²) >= 11 is 0. The lowest BCUT2D eigenvalue weighted by atomic mass is 9.92. The standard InChI is InChI=1S/C14H19N3/c15-14-6-2-5-12(14)11-4-1-3-10-9-16-7-8-17(14)13(10)11/h1,3-4,12,16H,2,5-9,15H2/t12-,14-/m1/s1. The molecule has 0 aromatic heterocycles. The highest BCUT2D eigenvalue weighted by molar-refractivity contribution is 5.69. The average Bonchev–Trinajstić information content (AvgIpc) is 2.70. The predicted octanol–water partition coefficient (Wildman–Crippen LogP) is 1.53. The highest BCUT2D eigenvalue weighted by Gasteiger charge is 2.52. The van der Waals surface area contributed by atoms with Crippen LogP contribution in [0, 0.1) is 0 Å². The highest BCUT2D eigenvalue weighted by Crippen LogP contribution is 2.54. The molecule has 2 aliphatic heterocycles. The molecule has 1 aromatic rings. The Kier molecular flexibility index (Phi) is 1.89. The van der Waals surface area contributed by atoms with Crippen molar-refractivity contribution in [2.45, 2.75) is 37.4 Å². The lowest BCUT2D eigenvalue weighted by Gasteiger charge is -2.36. The lowest BCUT2D eigenvalue weighted by Crippen LogP contribution is -2.55. The number of nitrogens with zero attached hydrogens (tertiary/aromatic N) is 1. The van der Waals surface area contributed by atoms with Crippen molar-refractivity contribution >= 4 is 5.69 Å². The van der Waals surface area contributed by atoms with Crippen molar-refractivity contribution in [2.75, 3.05) is 18.0 Å². The SMILES string of the molecule is N[C@@]12CCC[C@@H]1c1cccc3c1N2CCNC3. The summed E-state index contributed by atoms with van der Waals surface area (Å²) in [7, 11) is 0. The van der Waals surface area contributed by atoms with Gasteiger partial charge in [-0.05, 0) is 30.4 Å². The van der Waals surface area contributed by atoms with Gasteiger partial charge in [-0.15, -0.1) is 0 Å². The molecule has 1 fully saturated rings. The third-order valence-corrected chi connectivity index (χ3v) is 4.80. The molecule has 90 valence electrons. The molecular weight excluding hydrogens is 210 g/mol. The first kappa shape index (κ1) is 9.92. The van der Waals surface area contributed by atoms with E-state index in [-0.39, 0.29) is 5.66 Å². The van der Waals surface area contributed by atoms with E-state index in [0.29, 0.717) is 5.92 Å². The van der Waals surface area contributed by atoms with Crippen molar-refractivity contribution < 1.29 is 0 Å².